The summed E-state index contributed by atoms with van der Waals surface area (Å²) in [7, 11) is 1.63. The predicted molar refractivity (Wildman–Crippen MR) is 129 cm³/mol. The molecule has 0 fully saturated rings. The highest BCUT2D eigenvalue weighted by molar-refractivity contribution is 6.06. The minimum atomic E-state index is -0.332. The molecule has 8 heteroatoms. The van der Waals surface area contributed by atoms with Gasteiger partial charge in [0.2, 0.25) is 11.8 Å². The normalized spacial score (nSPS) is 16.9. The summed E-state index contributed by atoms with van der Waals surface area (Å²) < 4.78 is 1.86. The van der Waals surface area contributed by atoms with Crippen LogP contribution in [0.15, 0.2) is 54.6 Å². The number of anilines is 2. The van der Waals surface area contributed by atoms with E-state index in [9.17, 15) is 14.4 Å². The number of nitrogens with one attached hydrogen (secondary N) is 1. The number of hydrogen-bond donors (Lipinski definition) is 1. The van der Waals surface area contributed by atoms with Crippen LogP contribution in [0.4, 0.5) is 11.4 Å². The molecule has 2 heterocycles. The standard InChI is InChI=1S/C26H27N5O3/c1-17-15-23(32)27-20-12-6-7-13-22(20)30(17)24(33)16-29(2)26(34)25-19-11-8-14-21(19)31(28-25)18-9-4-3-5-10-18/h3-7,9-10,12-13,17H,8,11,14-16H2,1-2H3,(H,27,32). The van der Waals surface area contributed by atoms with Gasteiger partial charge in [0, 0.05) is 30.8 Å². The van der Waals surface area contributed by atoms with Gasteiger partial charge in [0.1, 0.15) is 6.54 Å². The van der Waals surface area contributed by atoms with Crippen LogP contribution in [0, 0.1) is 0 Å². The lowest BCUT2D eigenvalue weighted by Crippen LogP contribution is -2.45. The fraction of sp³-hybridized carbons (Fsp3) is 0.308. The highest BCUT2D eigenvalue weighted by Crippen LogP contribution is 2.32. The van der Waals surface area contributed by atoms with Gasteiger partial charge in [-0.1, -0.05) is 30.3 Å². The van der Waals surface area contributed by atoms with Crippen LogP contribution in [0.2, 0.25) is 0 Å². The average molecular weight is 458 g/mol. The van der Waals surface area contributed by atoms with Crippen LogP contribution in [0.25, 0.3) is 5.69 Å². The molecule has 8 nitrogen and oxygen atoms in total. The van der Waals surface area contributed by atoms with E-state index in [2.05, 4.69) is 10.4 Å². The van der Waals surface area contributed by atoms with Crippen molar-refractivity contribution in [3.63, 3.8) is 0 Å². The number of likely N-dealkylation sites (N-methyl/N-ethyl adjacent to an activating group) is 1. The van der Waals surface area contributed by atoms with E-state index >= 15 is 0 Å². The highest BCUT2D eigenvalue weighted by Gasteiger charge is 2.33. The molecular weight excluding hydrogens is 430 g/mol. The fourth-order valence-electron chi connectivity index (χ4n) is 4.89. The molecule has 1 aliphatic heterocycles. The van der Waals surface area contributed by atoms with E-state index in [1.54, 1.807) is 18.0 Å². The SMILES string of the molecule is CC1CC(=O)Nc2ccccc2N1C(=O)CN(C)C(=O)c1nn(-c2ccccc2)c2c1CCC2. The van der Waals surface area contributed by atoms with Gasteiger partial charge >= 0.3 is 0 Å². The second-order valence-corrected chi connectivity index (χ2v) is 8.92. The zero-order chi connectivity index (χ0) is 23.8. The third-order valence-electron chi connectivity index (χ3n) is 6.48. The number of fused-ring (bicyclic) bond motifs is 2. The molecule has 1 aromatic heterocycles. The number of carbonyl (C=O) groups excluding carboxylic acids is 3. The Morgan fingerprint density at radius 1 is 1.09 bits per heavy atom. The summed E-state index contributed by atoms with van der Waals surface area (Å²) in [6.07, 6.45) is 2.84. The number of benzene rings is 2. The predicted octanol–water partition coefficient (Wildman–Crippen LogP) is 3.20. The van der Waals surface area contributed by atoms with Crippen molar-refractivity contribution in [2.24, 2.45) is 0 Å². The summed E-state index contributed by atoms with van der Waals surface area (Å²) in [6.45, 7) is 1.73. The van der Waals surface area contributed by atoms with E-state index < -0.39 is 0 Å². The molecule has 34 heavy (non-hydrogen) atoms. The van der Waals surface area contributed by atoms with Crippen molar-refractivity contribution < 1.29 is 14.4 Å². The summed E-state index contributed by atoms with van der Waals surface area (Å²) in [5.74, 6) is -0.653. The quantitative estimate of drug-likeness (QED) is 0.652. The van der Waals surface area contributed by atoms with Gasteiger partial charge in [-0.2, -0.15) is 5.10 Å². The molecule has 1 atom stereocenters. The zero-order valence-corrected chi connectivity index (χ0v) is 19.3. The van der Waals surface area contributed by atoms with Gasteiger partial charge in [0.15, 0.2) is 5.69 Å². The van der Waals surface area contributed by atoms with Gasteiger partial charge in [-0.05, 0) is 50.5 Å². The van der Waals surface area contributed by atoms with E-state index in [1.165, 1.54) is 4.90 Å². The summed E-state index contributed by atoms with van der Waals surface area (Å²) in [5, 5.41) is 7.52. The van der Waals surface area contributed by atoms with E-state index in [0.29, 0.717) is 17.1 Å². The number of nitrogens with zero attached hydrogens (tertiary/aromatic N) is 4. The largest absolute Gasteiger partial charge is 0.331 e. The van der Waals surface area contributed by atoms with Crippen molar-refractivity contribution in [2.45, 2.75) is 38.6 Å². The Bertz CT molecular complexity index is 1270. The molecule has 0 saturated carbocycles. The molecule has 1 aliphatic carbocycles. The molecule has 174 valence electrons. The average Bonchev–Trinajstić information content (AvgIpc) is 3.40. The fourth-order valence-corrected chi connectivity index (χ4v) is 4.89. The Hall–Kier alpha value is -3.94. The van der Waals surface area contributed by atoms with Crippen LogP contribution in [0.1, 0.15) is 41.5 Å². The van der Waals surface area contributed by atoms with Gasteiger partial charge in [-0.15, -0.1) is 0 Å². The first-order chi connectivity index (χ1) is 16.4. The van der Waals surface area contributed by atoms with Crippen LogP contribution in [-0.4, -0.2) is 52.0 Å². The first kappa shape index (κ1) is 21.9. The van der Waals surface area contributed by atoms with Crippen LogP contribution in [0.5, 0.6) is 0 Å². The van der Waals surface area contributed by atoms with Crippen molar-refractivity contribution in [3.05, 3.63) is 71.5 Å². The van der Waals surface area contributed by atoms with E-state index in [4.69, 9.17) is 0 Å². The molecule has 2 aliphatic rings. The molecule has 2 aromatic carbocycles. The Kier molecular flexibility index (Phi) is 5.65. The van der Waals surface area contributed by atoms with Crippen molar-refractivity contribution in [3.8, 4) is 5.69 Å². The van der Waals surface area contributed by atoms with Gasteiger partial charge < -0.3 is 15.1 Å². The third kappa shape index (κ3) is 3.85. The van der Waals surface area contributed by atoms with Crippen molar-refractivity contribution >= 4 is 29.1 Å². The summed E-state index contributed by atoms with van der Waals surface area (Å²) >= 11 is 0. The number of carbonyl (C=O) groups is 3. The third-order valence-corrected chi connectivity index (χ3v) is 6.48. The van der Waals surface area contributed by atoms with Crippen molar-refractivity contribution in [1.82, 2.24) is 14.7 Å². The molecule has 1 unspecified atom stereocenters. The number of para-hydroxylation sites is 3. The van der Waals surface area contributed by atoms with E-state index in [1.807, 2.05) is 60.1 Å². The van der Waals surface area contributed by atoms with Gasteiger partial charge in [0.05, 0.1) is 17.1 Å². The van der Waals surface area contributed by atoms with Crippen LogP contribution >= 0.6 is 0 Å². The lowest BCUT2D eigenvalue weighted by atomic mass is 10.1. The number of amides is 3. The second kappa shape index (κ2) is 8.78. The number of hydrogen-bond acceptors (Lipinski definition) is 4. The van der Waals surface area contributed by atoms with Crippen molar-refractivity contribution in [1.29, 1.82) is 0 Å². The zero-order valence-electron chi connectivity index (χ0n) is 19.3. The number of aromatic nitrogens is 2. The molecule has 3 aromatic rings. The van der Waals surface area contributed by atoms with Gasteiger partial charge in [-0.3, -0.25) is 14.4 Å². The van der Waals surface area contributed by atoms with Crippen molar-refractivity contribution in [2.75, 3.05) is 23.8 Å². The smallest absolute Gasteiger partial charge is 0.274 e. The summed E-state index contributed by atoms with van der Waals surface area (Å²) in [4.78, 5) is 42.1. The molecule has 5 rings (SSSR count). The molecule has 0 saturated heterocycles. The lowest BCUT2D eigenvalue weighted by molar-refractivity contribution is -0.119. The monoisotopic (exact) mass is 457 g/mol. The maximum atomic E-state index is 13.4. The lowest BCUT2D eigenvalue weighted by Gasteiger charge is -2.29. The van der Waals surface area contributed by atoms with Gasteiger partial charge in [-0.25, -0.2) is 4.68 Å². The summed E-state index contributed by atoms with van der Waals surface area (Å²) in [5.41, 5.74) is 4.60. The first-order valence-corrected chi connectivity index (χ1v) is 11.6. The number of rotatable bonds is 4. The summed E-state index contributed by atoms with van der Waals surface area (Å²) in [6, 6.07) is 16.7. The molecule has 0 bridgehead atoms. The first-order valence-electron chi connectivity index (χ1n) is 11.6. The molecule has 3 amide bonds. The highest BCUT2D eigenvalue weighted by atomic mass is 16.2. The Balaban J connectivity index is 1.40. The molecular formula is C26H27N5O3. The Morgan fingerprint density at radius 2 is 1.82 bits per heavy atom. The second-order valence-electron chi connectivity index (χ2n) is 8.92. The molecule has 1 N–H and O–H groups in total. The maximum absolute atomic E-state index is 13.4. The van der Waals surface area contributed by atoms with E-state index in [0.717, 1.165) is 36.2 Å². The topological polar surface area (TPSA) is 87.5 Å². The maximum Gasteiger partial charge on any atom is 0.274 e. The van der Waals surface area contributed by atoms with E-state index in [-0.39, 0.29) is 36.7 Å². The van der Waals surface area contributed by atoms with Crippen LogP contribution in [0.3, 0.4) is 0 Å². The van der Waals surface area contributed by atoms with Gasteiger partial charge in [0.25, 0.3) is 5.91 Å². The minimum Gasteiger partial charge on any atom is -0.331 e. The van der Waals surface area contributed by atoms with Crippen LogP contribution in [-0.2, 0) is 22.4 Å². The van der Waals surface area contributed by atoms with Crippen LogP contribution < -0.4 is 10.2 Å². The Morgan fingerprint density at radius 3 is 2.62 bits per heavy atom. The minimum absolute atomic E-state index is 0.112. The molecule has 0 spiro atoms. The molecule has 0 radical (unpaired) electrons. The Labute approximate surface area is 198 Å².